The van der Waals surface area contributed by atoms with Crippen molar-refractivity contribution in [3.05, 3.63) is 54.1 Å². The molecule has 1 aliphatic rings. The van der Waals surface area contributed by atoms with E-state index in [4.69, 9.17) is 0 Å². The Morgan fingerprint density at radius 1 is 1.06 bits per heavy atom. The summed E-state index contributed by atoms with van der Waals surface area (Å²) in [6, 6.07) is 17.1. The first-order chi connectivity index (χ1) is 8.34. The molecule has 0 atom stereocenters. The van der Waals surface area contributed by atoms with Crippen LogP contribution in [0, 0.1) is 6.92 Å². The smallest absolute Gasteiger partial charge is 0.0647 e. The molecule has 3 rings (SSSR count). The van der Waals surface area contributed by atoms with Crippen LogP contribution in [0.4, 0.5) is 17.1 Å². The highest BCUT2D eigenvalue weighted by Gasteiger charge is 2.16. The molecule has 2 aromatic carbocycles. The Balaban J connectivity index is 2.06. The molecule has 2 aromatic rings. The van der Waals surface area contributed by atoms with Gasteiger partial charge in [-0.05, 0) is 36.8 Å². The van der Waals surface area contributed by atoms with Gasteiger partial charge in [0.25, 0.3) is 0 Å². The summed E-state index contributed by atoms with van der Waals surface area (Å²) >= 11 is 0. The maximum absolute atomic E-state index is 3.44. The molecular formula is C15H16N2. The zero-order chi connectivity index (χ0) is 11.7. The lowest BCUT2D eigenvalue weighted by molar-refractivity contribution is 0.926. The first kappa shape index (κ1) is 10.2. The van der Waals surface area contributed by atoms with Crippen molar-refractivity contribution in [1.82, 2.24) is 0 Å². The van der Waals surface area contributed by atoms with Crippen molar-refractivity contribution in [2.75, 3.05) is 23.3 Å². The summed E-state index contributed by atoms with van der Waals surface area (Å²) in [5.41, 5.74) is 5.07. The predicted molar refractivity (Wildman–Crippen MR) is 73.1 cm³/mol. The molecule has 0 saturated carbocycles. The molecule has 0 aromatic heterocycles. The van der Waals surface area contributed by atoms with Crippen LogP contribution in [0.5, 0.6) is 0 Å². The van der Waals surface area contributed by atoms with Crippen LogP contribution in [0.1, 0.15) is 5.56 Å². The van der Waals surface area contributed by atoms with Gasteiger partial charge in [0, 0.05) is 18.8 Å². The highest BCUT2D eigenvalue weighted by Crippen LogP contribution is 2.34. The van der Waals surface area contributed by atoms with Crippen molar-refractivity contribution in [2.24, 2.45) is 0 Å². The zero-order valence-electron chi connectivity index (χ0n) is 9.98. The quantitative estimate of drug-likeness (QED) is 0.796. The fourth-order valence-corrected chi connectivity index (χ4v) is 2.35. The number of nitrogens with one attached hydrogen (secondary N) is 1. The summed E-state index contributed by atoms with van der Waals surface area (Å²) in [4.78, 5) is 2.37. The highest BCUT2D eigenvalue weighted by molar-refractivity contribution is 5.78. The van der Waals surface area contributed by atoms with Gasteiger partial charge in [-0.1, -0.05) is 24.3 Å². The van der Waals surface area contributed by atoms with Crippen LogP contribution in [-0.4, -0.2) is 13.1 Å². The van der Waals surface area contributed by atoms with Gasteiger partial charge in [0.15, 0.2) is 0 Å². The largest absolute Gasteiger partial charge is 0.382 e. The molecule has 0 amide bonds. The second-order valence-corrected chi connectivity index (χ2v) is 4.43. The van der Waals surface area contributed by atoms with E-state index in [1.807, 2.05) is 0 Å². The number of aryl methyl sites for hydroxylation is 1. The third kappa shape index (κ3) is 1.86. The van der Waals surface area contributed by atoms with E-state index in [1.54, 1.807) is 0 Å². The van der Waals surface area contributed by atoms with Gasteiger partial charge in [0.2, 0.25) is 0 Å². The molecule has 0 unspecified atom stereocenters. The Labute approximate surface area is 102 Å². The summed E-state index contributed by atoms with van der Waals surface area (Å²) in [5.74, 6) is 0. The van der Waals surface area contributed by atoms with Crippen LogP contribution in [-0.2, 0) is 0 Å². The van der Waals surface area contributed by atoms with Crippen molar-refractivity contribution in [1.29, 1.82) is 0 Å². The predicted octanol–water partition coefficient (Wildman–Crippen LogP) is 3.56. The fourth-order valence-electron chi connectivity index (χ4n) is 2.35. The molecule has 2 heteroatoms. The van der Waals surface area contributed by atoms with Gasteiger partial charge < -0.3 is 10.2 Å². The van der Waals surface area contributed by atoms with Gasteiger partial charge in [0.1, 0.15) is 0 Å². The fraction of sp³-hybridized carbons (Fsp3) is 0.200. The molecule has 0 spiro atoms. The van der Waals surface area contributed by atoms with E-state index < -0.39 is 0 Å². The van der Waals surface area contributed by atoms with Crippen LogP contribution in [0.25, 0.3) is 0 Å². The summed E-state index contributed by atoms with van der Waals surface area (Å²) in [6.07, 6.45) is 0. The molecule has 1 heterocycles. The molecule has 0 saturated heterocycles. The number of anilines is 3. The SMILES string of the molecule is Cc1cccc(N2CCNc3ccccc32)c1. The normalized spacial score (nSPS) is 14.1. The second-order valence-electron chi connectivity index (χ2n) is 4.43. The van der Waals surface area contributed by atoms with Gasteiger partial charge in [0.05, 0.1) is 11.4 Å². The lowest BCUT2D eigenvalue weighted by Crippen LogP contribution is -2.29. The van der Waals surface area contributed by atoms with Crippen LogP contribution >= 0.6 is 0 Å². The van der Waals surface area contributed by atoms with Crippen LogP contribution in [0.15, 0.2) is 48.5 Å². The van der Waals surface area contributed by atoms with Crippen LogP contribution < -0.4 is 10.2 Å². The minimum absolute atomic E-state index is 0.991. The number of hydrogen-bond donors (Lipinski definition) is 1. The molecule has 1 N–H and O–H groups in total. The molecular weight excluding hydrogens is 208 g/mol. The Morgan fingerprint density at radius 3 is 2.82 bits per heavy atom. The van der Waals surface area contributed by atoms with Crippen LogP contribution in [0.2, 0.25) is 0 Å². The number of rotatable bonds is 1. The topological polar surface area (TPSA) is 15.3 Å². The summed E-state index contributed by atoms with van der Waals surface area (Å²) in [5, 5.41) is 3.44. The van der Waals surface area contributed by atoms with Gasteiger partial charge in [-0.25, -0.2) is 0 Å². The van der Waals surface area contributed by atoms with E-state index in [2.05, 4.69) is 65.7 Å². The summed E-state index contributed by atoms with van der Waals surface area (Å²) in [6.45, 7) is 4.14. The van der Waals surface area contributed by atoms with E-state index in [-0.39, 0.29) is 0 Å². The molecule has 2 nitrogen and oxygen atoms in total. The average Bonchev–Trinajstić information content (AvgIpc) is 2.38. The van der Waals surface area contributed by atoms with Crippen molar-refractivity contribution in [3.63, 3.8) is 0 Å². The van der Waals surface area contributed by atoms with E-state index in [1.165, 1.54) is 22.6 Å². The first-order valence-electron chi connectivity index (χ1n) is 6.02. The molecule has 17 heavy (non-hydrogen) atoms. The number of benzene rings is 2. The van der Waals surface area contributed by atoms with Crippen molar-refractivity contribution in [2.45, 2.75) is 6.92 Å². The Morgan fingerprint density at radius 2 is 1.94 bits per heavy atom. The summed E-state index contributed by atoms with van der Waals surface area (Å²) < 4.78 is 0. The van der Waals surface area contributed by atoms with Gasteiger partial charge in [-0.15, -0.1) is 0 Å². The monoisotopic (exact) mass is 224 g/mol. The first-order valence-corrected chi connectivity index (χ1v) is 6.02. The van der Waals surface area contributed by atoms with Gasteiger partial charge in [-0.3, -0.25) is 0 Å². The van der Waals surface area contributed by atoms with E-state index in [9.17, 15) is 0 Å². The van der Waals surface area contributed by atoms with E-state index in [0.717, 1.165) is 13.1 Å². The van der Waals surface area contributed by atoms with E-state index in [0.29, 0.717) is 0 Å². The molecule has 1 aliphatic heterocycles. The second kappa shape index (κ2) is 4.13. The van der Waals surface area contributed by atoms with Gasteiger partial charge >= 0.3 is 0 Å². The van der Waals surface area contributed by atoms with Crippen molar-refractivity contribution < 1.29 is 0 Å². The lowest BCUT2D eigenvalue weighted by Gasteiger charge is -2.32. The third-order valence-electron chi connectivity index (χ3n) is 3.16. The maximum atomic E-state index is 3.44. The standard InChI is InChI=1S/C15H16N2/c1-12-5-4-6-13(11-12)17-10-9-16-14-7-2-3-8-15(14)17/h2-8,11,16H,9-10H2,1H3. The molecule has 0 radical (unpaired) electrons. The maximum Gasteiger partial charge on any atom is 0.0647 e. The zero-order valence-corrected chi connectivity index (χ0v) is 9.98. The highest BCUT2D eigenvalue weighted by atomic mass is 15.2. The van der Waals surface area contributed by atoms with Crippen LogP contribution in [0.3, 0.4) is 0 Å². The Kier molecular flexibility index (Phi) is 2.48. The molecule has 0 aliphatic carbocycles. The molecule has 0 fully saturated rings. The molecule has 0 bridgehead atoms. The Bertz CT molecular complexity index is 534. The van der Waals surface area contributed by atoms with E-state index >= 15 is 0 Å². The average molecular weight is 224 g/mol. The summed E-state index contributed by atoms with van der Waals surface area (Å²) in [7, 11) is 0. The third-order valence-corrected chi connectivity index (χ3v) is 3.16. The Hall–Kier alpha value is -1.96. The van der Waals surface area contributed by atoms with Gasteiger partial charge in [-0.2, -0.15) is 0 Å². The number of fused-ring (bicyclic) bond motifs is 1. The number of para-hydroxylation sites is 2. The minimum Gasteiger partial charge on any atom is -0.382 e. The van der Waals surface area contributed by atoms with Crippen molar-refractivity contribution >= 4 is 17.1 Å². The number of nitrogens with zero attached hydrogens (tertiary/aromatic N) is 1. The number of hydrogen-bond acceptors (Lipinski definition) is 2. The lowest BCUT2D eigenvalue weighted by atomic mass is 10.1. The van der Waals surface area contributed by atoms with Crippen molar-refractivity contribution in [3.8, 4) is 0 Å². The molecule has 86 valence electrons. The minimum atomic E-state index is 0.991.